The van der Waals surface area contributed by atoms with E-state index >= 15 is 0 Å². The van der Waals surface area contributed by atoms with Crippen molar-refractivity contribution in [3.63, 3.8) is 0 Å². The maximum absolute atomic E-state index is 12.8. The Kier molecular flexibility index (Phi) is 5.00. The van der Waals surface area contributed by atoms with Crippen molar-refractivity contribution in [2.24, 2.45) is 0 Å². The molecular weight excluding hydrogens is 310 g/mol. The highest BCUT2D eigenvalue weighted by molar-refractivity contribution is 7.89. The smallest absolute Gasteiger partial charge is 0.243 e. The molecule has 1 aromatic carbocycles. The summed E-state index contributed by atoms with van der Waals surface area (Å²) in [5.74, 6) is 0. The molecule has 0 N–H and O–H groups in total. The number of hydrogen-bond donors (Lipinski definition) is 0. The quantitative estimate of drug-likeness (QED) is 0.771. The van der Waals surface area contributed by atoms with Gasteiger partial charge in [-0.05, 0) is 55.5 Å². The Hall–Kier alpha value is -1.42. The van der Waals surface area contributed by atoms with Crippen LogP contribution in [0.5, 0.6) is 0 Å². The standard InChI is InChI=1S/C17H23N3O2S/c18-8-1-2-9-19-10-12-20(13-11-19)23(21,22)17-7-6-15-4-3-5-16(15)14-17/h6-7,14H,1-5,9-13H2. The Morgan fingerprint density at radius 1 is 1.09 bits per heavy atom. The summed E-state index contributed by atoms with van der Waals surface area (Å²) in [5, 5.41) is 8.58. The molecule has 0 atom stereocenters. The van der Waals surface area contributed by atoms with E-state index in [2.05, 4.69) is 11.0 Å². The van der Waals surface area contributed by atoms with E-state index in [1.54, 1.807) is 10.4 Å². The first-order valence-corrected chi connectivity index (χ1v) is 9.76. The SMILES string of the molecule is N#CCCCN1CCN(S(=O)(=O)c2ccc3c(c2)CCC3)CC1. The molecular formula is C17H23N3O2S. The molecule has 5 nitrogen and oxygen atoms in total. The van der Waals surface area contributed by atoms with E-state index in [1.165, 1.54) is 11.1 Å². The summed E-state index contributed by atoms with van der Waals surface area (Å²) in [6.45, 7) is 3.43. The maximum Gasteiger partial charge on any atom is 0.243 e. The number of fused-ring (bicyclic) bond motifs is 1. The Labute approximate surface area is 138 Å². The molecule has 1 aromatic rings. The Morgan fingerprint density at radius 3 is 2.57 bits per heavy atom. The third kappa shape index (κ3) is 3.57. The second-order valence-electron chi connectivity index (χ2n) is 6.29. The van der Waals surface area contributed by atoms with E-state index in [0.717, 1.165) is 45.3 Å². The predicted molar refractivity (Wildman–Crippen MR) is 88.5 cm³/mol. The lowest BCUT2D eigenvalue weighted by atomic mass is 10.1. The van der Waals surface area contributed by atoms with Gasteiger partial charge in [0.1, 0.15) is 0 Å². The van der Waals surface area contributed by atoms with Crippen LogP contribution in [0, 0.1) is 11.3 Å². The average Bonchev–Trinajstić information content (AvgIpc) is 3.03. The van der Waals surface area contributed by atoms with Gasteiger partial charge in [0.05, 0.1) is 11.0 Å². The zero-order valence-corrected chi connectivity index (χ0v) is 14.2. The monoisotopic (exact) mass is 333 g/mol. The van der Waals surface area contributed by atoms with Crippen LogP contribution in [0.4, 0.5) is 0 Å². The largest absolute Gasteiger partial charge is 0.301 e. The van der Waals surface area contributed by atoms with Gasteiger partial charge in [-0.15, -0.1) is 0 Å². The summed E-state index contributed by atoms with van der Waals surface area (Å²) >= 11 is 0. The molecule has 0 amide bonds. The van der Waals surface area contributed by atoms with Gasteiger partial charge >= 0.3 is 0 Å². The average molecular weight is 333 g/mol. The van der Waals surface area contributed by atoms with E-state index in [4.69, 9.17) is 5.26 Å². The minimum atomic E-state index is -3.38. The predicted octanol–water partition coefficient (Wildman–Crippen LogP) is 1.79. The van der Waals surface area contributed by atoms with Gasteiger partial charge in [0, 0.05) is 32.6 Å². The fourth-order valence-corrected chi connectivity index (χ4v) is 4.91. The Balaban J connectivity index is 1.64. The number of aryl methyl sites for hydroxylation is 2. The molecule has 23 heavy (non-hydrogen) atoms. The van der Waals surface area contributed by atoms with Crippen LogP contribution in [-0.2, 0) is 22.9 Å². The van der Waals surface area contributed by atoms with Gasteiger partial charge in [0.15, 0.2) is 0 Å². The zero-order valence-electron chi connectivity index (χ0n) is 13.4. The lowest BCUT2D eigenvalue weighted by molar-refractivity contribution is 0.187. The number of unbranched alkanes of at least 4 members (excludes halogenated alkanes) is 1. The summed E-state index contributed by atoms with van der Waals surface area (Å²) in [6, 6.07) is 7.76. The van der Waals surface area contributed by atoms with Gasteiger partial charge in [0.25, 0.3) is 0 Å². The van der Waals surface area contributed by atoms with Crippen LogP contribution in [0.25, 0.3) is 0 Å². The number of nitriles is 1. The third-order valence-corrected chi connectivity index (χ3v) is 6.70. The fourth-order valence-electron chi connectivity index (χ4n) is 3.43. The molecule has 6 heteroatoms. The number of benzene rings is 1. The van der Waals surface area contributed by atoms with Crippen molar-refractivity contribution in [1.82, 2.24) is 9.21 Å². The van der Waals surface area contributed by atoms with Crippen molar-refractivity contribution in [2.45, 2.75) is 37.0 Å². The lowest BCUT2D eigenvalue weighted by Crippen LogP contribution is -2.48. The summed E-state index contributed by atoms with van der Waals surface area (Å²) in [5.41, 5.74) is 2.49. The number of sulfonamides is 1. The lowest BCUT2D eigenvalue weighted by Gasteiger charge is -2.33. The number of nitrogens with zero attached hydrogens (tertiary/aromatic N) is 3. The molecule has 3 rings (SSSR count). The summed E-state index contributed by atoms with van der Waals surface area (Å²) in [6.07, 6.45) is 4.60. The highest BCUT2D eigenvalue weighted by Crippen LogP contribution is 2.26. The number of hydrogen-bond acceptors (Lipinski definition) is 4. The second-order valence-corrected chi connectivity index (χ2v) is 8.23. The van der Waals surface area contributed by atoms with E-state index in [0.29, 0.717) is 24.4 Å². The van der Waals surface area contributed by atoms with Crippen molar-refractivity contribution in [3.05, 3.63) is 29.3 Å². The van der Waals surface area contributed by atoms with Crippen molar-refractivity contribution in [2.75, 3.05) is 32.7 Å². The van der Waals surface area contributed by atoms with Gasteiger partial charge in [-0.25, -0.2) is 8.42 Å². The van der Waals surface area contributed by atoms with Crippen molar-refractivity contribution in [3.8, 4) is 6.07 Å². The second kappa shape index (κ2) is 7.00. The van der Waals surface area contributed by atoms with Crippen LogP contribution in [-0.4, -0.2) is 50.3 Å². The van der Waals surface area contributed by atoms with Crippen molar-refractivity contribution in [1.29, 1.82) is 5.26 Å². The first kappa shape index (κ1) is 16.4. The Morgan fingerprint density at radius 2 is 1.83 bits per heavy atom. The summed E-state index contributed by atoms with van der Waals surface area (Å²) < 4.78 is 27.2. The van der Waals surface area contributed by atoms with E-state index in [-0.39, 0.29) is 0 Å². The number of rotatable bonds is 5. The van der Waals surface area contributed by atoms with E-state index < -0.39 is 10.0 Å². The Bertz CT molecular complexity index is 701. The molecule has 1 saturated heterocycles. The molecule has 0 unspecified atom stereocenters. The summed E-state index contributed by atoms with van der Waals surface area (Å²) in [7, 11) is -3.38. The molecule has 1 fully saturated rings. The van der Waals surface area contributed by atoms with Crippen LogP contribution < -0.4 is 0 Å². The molecule has 1 heterocycles. The normalized spacial score (nSPS) is 19.4. The van der Waals surface area contributed by atoms with Crippen LogP contribution in [0.1, 0.15) is 30.4 Å². The highest BCUT2D eigenvalue weighted by atomic mass is 32.2. The zero-order chi connectivity index (χ0) is 16.3. The van der Waals surface area contributed by atoms with Gasteiger partial charge < -0.3 is 4.90 Å². The van der Waals surface area contributed by atoms with Crippen LogP contribution in [0.15, 0.2) is 23.1 Å². The van der Waals surface area contributed by atoms with Crippen LogP contribution >= 0.6 is 0 Å². The van der Waals surface area contributed by atoms with E-state index in [1.807, 2.05) is 12.1 Å². The van der Waals surface area contributed by atoms with Crippen molar-refractivity contribution >= 4 is 10.0 Å². The van der Waals surface area contributed by atoms with Crippen LogP contribution in [0.2, 0.25) is 0 Å². The molecule has 0 bridgehead atoms. The molecule has 1 aliphatic carbocycles. The van der Waals surface area contributed by atoms with Gasteiger partial charge in [-0.3, -0.25) is 0 Å². The molecule has 0 saturated carbocycles. The maximum atomic E-state index is 12.8. The fraction of sp³-hybridized carbons (Fsp3) is 0.588. The number of piperazine rings is 1. The van der Waals surface area contributed by atoms with Gasteiger partial charge in [-0.2, -0.15) is 9.57 Å². The summed E-state index contributed by atoms with van der Waals surface area (Å²) in [4.78, 5) is 2.68. The highest BCUT2D eigenvalue weighted by Gasteiger charge is 2.29. The first-order valence-electron chi connectivity index (χ1n) is 8.32. The van der Waals surface area contributed by atoms with Gasteiger partial charge in [-0.1, -0.05) is 6.07 Å². The molecule has 0 spiro atoms. The van der Waals surface area contributed by atoms with Crippen LogP contribution in [0.3, 0.4) is 0 Å². The van der Waals surface area contributed by atoms with Gasteiger partial charge in [0.2, 0.25) is 10.0 Å². The minimum Gasteiger partial charge on any atom is -0.301 e. The topological polar surface area (TPSA) is 64.4 Å². The first-order chi connectivity index (χ1) is 11.1. The minimum absolute atomic E-state index is 0.441. The third-order valence-electron chi connectivity index (χ3n) is 4.80. The van der Waals surface area contributed by atoms with E-state index in [9.17, 15) is 8.42 Å². The van der Waals surface area contributed by atoms with Crippen molar-refractivity contribution < 1.29 is 8.42 Å². The molecule has 2 aliphatic rings. The molecule has 0 radical (unpaired) electrons. The molecule has 0 aromatic heterocycles. The molecule has 124 valence electrons. The molecule has 1 aliphatic heterocycles.